The number of benzene rings is 2. The van der Waals surface area contributed by atoms with Crippen LogP contribution < -0.4 is 9.62 Å². The van der Waals surface area contributed by atoms with Crippen molar-refractivity contribution in [1.82, 2.24) is 10.2 Å². The van der Waals surface area contributed by atoms with E-state index in [9.17, 15) is 18.0 Å². The van der Waals surface area contributed by atoms with Gasteiger partial charge in [0.25, 0.3) is 0 Å². The summed E-state index contributed by atoms with van der Waals surface area (Å²) in [6.07, 6.45) is 1.43. The van der Waals surface area contributed by atoms with Crippen LogP contribution in [0.5, 0.6) is 0 Å². The zero-order chi connectivity index (χ0) is 24.1. The number of aryl methyl sites for hydroxylation is 2. The van der Waals surface area contributed by atoms with Gasteiger partial charge in [-0.2, -0.15) is 0 Å². The van der Waals surface area contributed by atoms with Crippen molar-refractivity contribution in [2.75, 3.05) is 24.2 Å². The summed E-state index contributed by atoms with van der Waals surface area (Å²) in [5.41, 5.74) is 2.61. The first-order valence-corrected chi connectivity index (χ1v) is 12.5. The fraction of sp³-hybridized carbons (Fsp3) is 0.391. The molecule has 0 saturated carbocycles. The van der Waals surface area contributed by atoms with E-state index in [-0.39, 0.29) is 12.5 Å². The van der Waals surface area contributed by atoms with Crippen LogP contribution in [0.2, 0.25) is 5.02 Å². The Morgan fingerprint density at radius 2 is 1.66 bits per heavy atom. The van der Waals surface area contributed by atoms with Gasteiger partial charge in [0.2, 0.25) is 21.8 Å². The number of sulfonamides is 1. The first kappa shape index (κ1) is 25.7. The number of amides is 2. The van der Waals surface area contributed by atoms with Crippen molar-refractivity contribution >= 4 is 39.1 Å². The van der Waals surface area contributed by atoms with Gasteiger partial charge in [-0.25, -0.2) is 8.42 Å². The summed E-state index contributed by atoms with van der Waals surface area (Å²) >= 11 is 6.31. The number of carbonyl (C=O) groups excluding carboxylic acids is 2. The van der Waals surface area contributed by atoms with Crippen molar-refractivity contribution in [3.05, 3.63) is 64.2 Å². The molecule has 0 aromatic heterocycles. The number of rotatable bonds is 9. The average Bonchev–Trinajstić information content (AvgIpc) is 2.72. The third kappa shape index (κ3) is 6.01. The van der Waals surface area contributed by atoms with Gasteiger partial charge in [0.1, 0.15) is 12.6 Å². The van der Waals surface area contributed by atoms with Crippen LogP contribution in [0.25, 0.3) is 0 Å². The minimum atomic E-state index is -3.77. The highest BCUT2D eigenvalue weighted by atomic mass is 35.5. The molecule has 1 unspecified atom stereocenters. The molecule has 0 radical (unpaired) electrons. The van der Waals surface area contributed by atoms with Crippen LogP contribution in [-0.2, 0) is 26.2 Å². The molecule has 0 bridgehead atoms. The van der Waals surface area contributed by atoms with Gasteiger partial charge in [-0.05, 0) is 43.0 Å². The van der Waals surface area contributed by atoms with E-state index in [4.69, 9.17) is 11.6 Å². The zero-order valence-electron chi connectivity index (χ0n) is 19.1. The monoisotopic (exact) mass is 479 g/mol. The smallest absolute Gasteiger partial charge is 0.244 e. The molecule has 0 saturated heterocycles. The van der Waals surface area contributed by atoms with Gasteiger partial charge in [0.05, 0.1) is 11.9 Å². The second-order valence-electron chi connectivity index (χ2n) is 7.66. The van der Waals surface area contributed by atoms with Crippen LogP contribution in [-0.4, -0.2) is 51.0 Å². The number of hydrogen-bond donors (Lipinski definition) is 1. The molecule has 1 N–H and O–H groups in total. The molecule has 0 heterocycles. The molecule has 2 rings (SSSR count). The van der Waals surface area contributed by atoms with E-state index >= 15 is 0 Å². The molecule has 2 aromatic rings. The molecule has 2 amide bonds. The second-order valence-corrected chi connectivity index (χ2v) is 9.98. The van der Waals surface area contributed by atoms with E-state index in [2.05, 4.69) is 5.32 Å². The lowest BCUT2D eigenvalue weighted by atomic mass is 10.1. The summed E-state index contributed by atoms with van der Waals surface area (Å²) < 4.78 is 26.5. The summed E-state index contributed by atoms with van der Waals surface area (Å²) in [5, 5.41) is 3.05. The minimum Gasteiger partial charge on any atom is -0.357 e. The van der Waals surface area contributed by atoms with Gasteiger partial charge in [-0.3, -0.25) is 13.9 Å². The van der Waals surface area contributed by atoms with E-state index in [0.29, 0.717) is 22.7 Å². The number of halogens is 1. The fourth-order valence-electron chi connectivity index (χ4n) is 3.67. The standard InChI is InChI=1S/C23H30ClN3O4S/c1-6-20(23(29)25-4)26(14-18-12-7-8-13-19(18)24)21(28)15-27(32(5,30)31)22-16(2)10-9-11-17(22)3/h7-13,20H,6,14-15H2,1-5H3,(H,25,29). The maximum Gasteiger partial charge on any atom is 0.244 e. The molecule has 0 aliphatic carbocycles. The lowest BCUT2D eigenvalue weighted by Crippen LogP contribution is -2.51. The van der Waals surface area contributed by atoms with Crippen molar-refractivity contribution in [3.8, 4) is 0 Å². The van der Waals surface area contributed by atoms with Crippen molar-refractivity contribution in [3.63, 3.8) is 0 Å². The topological polar surface area (TPSA) is 86.8 Å². The Morgan fingerprint density at radius 1 is 1.06 bits per heavy atom. The van der Waals surface area contributed by atoms with Crippen molar-refractivity contribution < 1.29 is 18.0 Å². The van der Waals surface area contributed by atoms with Crippen molar-refractivity contribution in [1.29, 1.82) is 0 Å². The quantitative estimate of drug-likeness (QED) is 0.598. The van der Waals surface area contributed by atoms with Crippen LogP contribution >= 0.6 is 11.6 Å². The maximum atomic E-state index is 13.5. The van der Waals surface area contributed by atoms with Gasteiger partial charge in [-0.15, -0.1) is 0 Å². The number of anilines is 1. The molecule has 7 nitrogen and oxygen atoms in total. The summed E-state index contributed by atoms with van der Waals surface area (Å²) in [6, 6.07) is 11.7. The van der Waals surface area contributed by atoms with Gasteiger partial charge in [-0.1, -0.05) is 54.9 Å². The number of nitrogens with one attached hydrogen (secondary N) is 1. The molecule has 32 heavy (non-hydrogen) atoms. The number of carbonyl (C=O) groups is 2. The molecule has 174 valence electrons. The fourth-order valence-corrected chi connectivity index (χ4v) is 4.83. The zero-order valence-corrected chi connectivity index (χ0v) is 20.6. The highest BCUT2D eigenvalue weighted by Crippen LogP contribution is 2.27. The van der Waals surface area contributed by atoms with Gasteiger partial charge in [0, 0.05) is 18.6 Å². The highest BCUT2D eigenvalue weighted by molar-refractivity contribution is 7.92. The minimum absolute atomic E-state index is 0.0782. The van der Waals surface area contributed by atoms with E-state index in [1.54, 1.807) is 57.2 Å². The number of para-hydroxylation sites is 1. The average molecular weight is 480 g/mol. The molecule has 0 aliphatic heterocycles. The molecular formula is C23H30ClN3O4S. The SMILES string of the molecule is CCC(C(=O)NC)N(Cc1ccccc1Cl)C(=O)CN(c1c(C)cccc1C)S(C)(=O)=O. The Labute approximate surface area is 195 Å². The van der Waals surface area contributed by atoms with Crippen LogP contribution in [0.3, 0.4) is 0 Å². The summed E-state index contributed by atoms with van der Waals surface area (Å²) in [4.78, 5) is 27.5. The lowest BCUT2D eigenvalue weighted by molar-refractivity contribution is -0.140. The Balaban J connectivity index is 2.51. The molecule has 0 aliphatic rings. The molecule has 9 heteroatoms. The van der Waals surface area contributed by atoms with Gasteiger partial charge >= 0.3 is 0 Å². The highest BCUT2D eigenvalue weighted by Gasteiger charge is 2.32. The van der Waals surface area contributed by atoms with Gasteiger partial charge in [0.15, 0.2) is 0 Å². The normalized spacial score (nSPS) is 12.2. The van der Waals surface area contributed by atoms with Crippen LogP contribution in [0.15, 0.2) is 42.5 Å². The maximum absolute atomic E-state index is 13.5. The van der Waals surface area contributed by atoms with Crippen LogP contribution in [0.4, 0.5) is 5.69 Å². The number of nitrogens with zero attached hydrogens (tertiary/aromatic N) is 2. The third-order valence-corrected chi connectivity index (χ3v) is 6.78. The van der Waals surface area contributed by atoms with Crippen molar-refractivity contribution in [2.45, 2.75) is 39.8 Å². The molecule has 2 aromatic carbocycles. The molecule has 0 fully saturated rings. The van der Waals surface area contributed by atoms with E-state index in [1.807, 2.05) is 6.07 Å². The van der Waals surface area contributed by atoms with Crippen LogP contribution in [0.1, 0.15) is 30.0 Å². The first-order chi connectivity index (χ1) is 15.0. The third-order valence-electron chi connectivity index (χ3n) is 5.30. The van der Waals surface area contributed by atoms with Crippen molar-refractivity contribution in [2.24, 2.45) is 0 Å². The Bertz CT molecular complexity index is 1070. The molecule has 1 atom stereocenters. The van der Waals surface area contributed by atoms with Gasteiger partial charge < -0.3 is 10.2 Å². The largest absolute Gasteiger partial charge is 0.357 e. The molecular weight excluding hydrogens is 450 g/mol. The summed E-state index contributed by atoms with van der Waals surface area (Å²) in [5.74, 6) is -0.820. The van der Waals surface area contributed by atoms with E-state index < -0.39 is 28.5 Å². The Kier molecular flexibility index (Phi) is 8.69. The Morgan fingerprint density at radius 3 is 2.16 bits per heavy atom. The Hall–Kier alpha value is -2.58. The van der Waals surface area contributed by atoms with E-state index in [1.165, 1.54) is 11.9 Å². The summed E-state index contributed by atoms with van der Waals surface area (Å²) in [6.45, 7) is 5.04. The second kappa shape index (κ2) is 10.8. The number of hydrogen-bond acceptors (Lipinski definition) is 4. The summed E-state index contributed by atoms with van der Waals surface area (Å²) in [7, 11) is -2.27. The first-order valence-electron chi connectivity index (χ1n) is 10.3. The van der Waals surface area contributed by atoms with Crippen LogP contribution in [0, 0.1) is 13.8 Å². The predicted octanol–water partition coefficient (Wildman–Crippen LogP) is 3.28. The molecule has 0 spiro atoms. The number of likely N-dealkylation sites (N-methyl/N-ethyl adjacent to an activating group) is 1. The van der Waals surface area contributed by atoms with E-state index in [0.717, 1.165) is 21.7 Å². The lowest BCUT2D eigenvalue weighted by Gasteiger charge is -2.33. The predicted molar refractivity (Wildman–Crippen MR) is 128 cm³/mol.